The highest BCUT2D eigenvalue weighted by Gasteiger charge is 2.19. The molecule has 1 atom stereocenters. The predicted molar refractivity (Wildman–Crippen MR) is 101 cm³/mol. The molecule has 0 fully saturated rings. The maximum absolute atomic E-state index is 12.1. The monoisotopic (exact) mass is 420 g/mol. The van der Waals surface area contributed by atoms with Crippen LogP contribution in [0.3, 0.4) is 0 Å². The van der Waals surface area contributed by atoms with Gasteiger partial charge in [0, 0.05) is 10.9 Å². The highest BCUT2D eigenvalue weighted by atomic mass is 79.9. The van der Waals surface area contributed by atoms with Gasteiger partial charge in [-0.3, -0.25) is 4.79 Å². The first kappa shape index (κ1) is 21.1. The summed E-state index contributed by atoms with van der Waals surface area (Å²) in [5, 5.41) is 3.04. The molecule has 0 bridgehead atoms. The molecule has 0 aromatic heterocycles. The average Bonchev–Trinajstić information content (AvgIpc) is 2.53. The summed E-state index contributed by atoms with van der Waals surface area (Å²) in [6.45, 7) is 3.82. The Kier molecular flexibility index (Phi) is 9.48. The minimum atomic E-state index is -0.0863. The smallest absolute Gasteiger partial charge is 0.220 e. The van der Waals surface area contributed by atoms with Crippen molar-refractivity contribution in [3.8, 4) is 11.5 Å². The number of carbonyl (C=O) groups is 1. The summed E-state index contributed by atoms with van der Waals surface area (Å²) in [5.41, 5.74) is 6.45. The summed E-state index contributed by atoms with van der Waals surface area (Å²) in [6.07, 6.45) is 4.62. The van der Waals surface area contributed by atoms with Gasteiger partial charge in [-0.25, -0.2) is 0 Å². The zero-order chi connectivity index (χ0) is 16.7. The molecule has 1 aliphatic rings. The maximum Gasteiger partial charge on any atom is 0.220 e. The van der Waals surface area contributed by atoms with E-state index in [1.165, 1.54) is 0 Å². The molecule has 1 aromatic carbocycles. The van der Waals surface area contributed by atoms with E-state index in [9.17, 15) is 4.79 Å². The van der Waals surface area contributed by atoms with Crippen LogP contribution in [0.1, 0.15) is 50.6 Å². The Morgan fingerprint density at radius 2 is 1.83 bits per heavy atom. The van der Waals surface area contributed by atoms with Gasteiger partial charge in [0.05, 0.1) is 6.04 Å². The van der Waals surface area contributed by atoms with E-state index in [-0.39, 0.29) is 24.4 Å². The Morgan fingerprint density at radius 1 is 1.21 bits per heavy atom. The average molecular weight is 422 g/mol. The van der Waals surface area contributed by atoms with E-state index >= 15 is 0 Å². The lowest BCUT2D eigenvalue weighted by Gasteiger charge is -2.22. The van der Waals surface area contributed by atoms with Gasteiger partial charge in [-0.1, -0.05) is 28.8 Å². The number of unbranched alkanes of at least 4 members (excludes halogenated alkanes) is 3. The van der Waals surface area contributed by atoms with Gasteiger partial charge < -0.3 is 20.5 Å². The molecule has 1 unspecified atom stereocenters. The second kappa shape index (κ2) is 10.8. The zero-order valence-corrected chi connectivity index (χ0v) is 16.4. The molecule has 24 heavy (non-hydrogen) atoms. The molecule has 2 rings (SSSR count). The quantitative estimate of drug-likeness (QED) is 0.627. The molecule has 1 amide bonds. The van der Waals surface area contributed by atoms with Crippen LogP contribution >= 0.6 is 28.3 Å². The Labute approximate surface area is 158 Å². The number of hydrogen-bond donors (Lipinski definition) is 2. The van der Waals surface area contributed by atoms with Crippen LogP contribution in [0, 0.1) is 0 Å². The summed E-state index contributed by atoms with van der Waals surface area (Å²) in [5.74, 6) is 1.55. The van der Waals surface area contributed by atoms with E-state index in [0.717, 1.165) is 53.8 Å². The lowest BCUT2D eigenvalue weighted by molar-refractivity contribution is -0.121. The van der Waals surface area contributed by atoms with E-state index in [1.807, 2.05) is 19.1 Å². The largest absolute Gasteiger partial charge is 0.486 e. The Hall–Kier alpha value is -0.980. The number of nitrogens with one attached hydrogen (secondary N) is 1. The van der Waals surface area contributed by atoms with E-state index in [1.54, 1.807) is 0 Å². The van der Waals surface area contributed by atoms with E-state index in [4.69, 9.17) is 15.2 Å². The minimum Gasteiger partial charge on any atom is -0.486 e. The first-order valence-electron chi connectivity index (χ1n) is 8.20. The first-order chi connectivity index (χ1) is 11.1. The fourth-order valence-corrected chi connectivity index (χ4v) is 3.25. The zero-order valence-electron chi connectivity index (χ0n) is 14.0. The highest BCUT2D eigenvalue weighted by Crippen LogP contribution is 2.37. The summed E-state index contributed by atoms with van der Waals surface area (Å²) < 4.78 is 12.1. The van der Waals surface area contributed by atoms with Crippen molar-refractivity contribution in [2.45, 2.75) is 45.1 Å². The minimum absolute atomic E-state index is 0. The van der Waals surface area contributed by atoms with Crippen molar-refractivity contribution in [3.05, 3.63) is 22.2 Å². The van der Waals surface area contributed by atoms with Crippen molar-refractivity contribution in [1.82, 2.24) is 5.32 Å². The molecule has 1 aromatic rings. The van der Waals surface area contributed by atoms with Crippen LogP contribution in [0.4, 0.5) is 0 Å². The van der Waals surface area contributed by atoms with Gasteiger partial charge in [-0.2, -0.15) is 0 Å². The van der Waals surface area contributed by atoms with Gasteiger partial charge in [0.25, 0.3) is 0 Å². The van der Waals surface area contributed by atoms with Crippen LogP contribution in [-0.2, 0) is 4.79 Å². The van der Waals surface area contributed by atoms with Crippen molar-refractivity contribution in [2.24, 2.45) is 5.73 Å². The third-order valence-corrected chi connectivity index (χ3v) is 4.55. The lowest BCUT2D eigenvalue weighted by atomic mass is 10.1. The van der Waals surface area contributed by atoms with E-state index < -0.39 is 0 Å². The van der Waals surface area contributed by atoms with Gasteiger partial charge >= 0.3 is 0 Å². The molecule has 1 aliphatic heterocycles. The third-order valence-electron chi connectivity index (χ3n) is 3.86. The summed E-state index contributed by atoms with van der Waals surface area (Å²) >= 11 is 3.55. The van der Waals surface area contributed by atoms with Gasteiger partial charge in [0.2, 0.25) is 5.91 Å². The summed E-state index contributed by atoms with van der Waals surface area (Å²) in [6, 6.07) is 3.75. The van der Waals surface area contributed by atoms with E-state index in [2.05, 4.69) is 21.2 Å². The normalized spacial score (nSPS) is 13.8. The van der Waals surface area contributed by atoms with Crippen molar-refractivity contribution in [3.63, 3.8) is 0 Å². The van der Waals surface area contributed by atoms with Gasteiger partial charge in [-0.15, -0.1) is 12.4 Å². The number of carbonyl (C=O) groups excluding carboxylic acids is 1. The second-order valence-electron chi connectivity index (χ2n) is 5.76. The number of benzene rings is 1. The molecule has 5 nitrogen and oxygen atoms in total. The number of halogens is 2. The van der Waals surface area contributed by atoms with Crippen LogP contribution in [0.15, 0.2) is 16.6 Å². The number of amides is 1. The maximum atomic E-state index is 12.1. The third kappa shape index (κ3) is 6.15. The van der Waals surface area contributed by atoms with Crippen molar-refractivity contribution in [1.29, 1.82) is 0 Å². The van der Waals surface area contributed by atoms with Crippen LogP contribution in [0.2, 0.25) is 0 Å². The molecule has 3 N–H and O–H groups in total. The van der Waals surface area contributed by atoms with Gasteiger partial charge in [0.15, 0.2) is 11.5 Å². The molecule has 0 radical (unpaired) electrons. The molecule has 0 spiro atoms. The van der Waals surface area contributed by atoms with Crippen LogP contribution in [0.5, 0.6) is 11.5 Å². The number of nitrogens with two attached hydrogens (primary N) is 1. The Bertz CT molecular complexity index is 543. The molecule has 0 saturated heterocycles. The van der Waals surface area contributed by atoms with Crippen molar-refractivity contribution in [2.75, 3.05) is 19.8 Å². The van der Waals surface area contributed by atoms with Gasteiger partial charge in [0.1, 0.15) is 13.2 Å². The molecule has 7 heteroatoms. The highest BCUT2D eigenvalue weighted by molar-refractivity contribution is 9.10. The SMILES string of the molecule is CC(NC(=O)CCCCCCN)c1cc2c(cc1Br)OCCO2.Cl. The van der Waals surface area contributed by atoms with Crippen LogP contribution in [0.25, 0.3) is 0 Å². The lowest BCUT2D eigenvalue weighted by Crippen LogP contribution is -2.27. The number of rotatable bonds is 8. The van der Waals surface area contributed by atoms with Crippen molar-refractivity contribution >= 4 is 34.2 Å². The van der Waals surface area contributed by atoms with Crippen LogP contribution < -0.4 is 20.5 Å². The van der Waals surface area contributed by atoms with E-state index in [0.29, 0.717) is 19.6 Å². The molecule has 1 heterocycles. The second-order valence-corrected chi connectivity index (χ2v) is 6.61. The summed E-state index contributed by atoms with van der Waals surface area (Å²) in [4.78, 5) is 12.1. The Balaban J connectivity index is 0.00000288. The van der Waals surface area contributed by atoms with Crippen molar-refractivity contribution < 1.29 is 14.3 Å². The Morgan fingerprint density at radius 3 is 2.50 bits per heavy atom. The molecular formula is C17H26BrClN2O3. The van der Waals surface area contributed by atoms with Crippen LogP contribution in [-0.4, -0.2) is 25.7 Å². The summed E-state index contributed by atoms with van der Waals surface area (Å²) in [7, 11) is 0. The molecule has 0 aliphatic carbocycles. The fourth-order valence-electron chi connectivity index (χ4n) is 2.59. The molecular weight excluding hydrogens is 396 g/mol. The number of ether oxygens (including phenoxy) is 2. The first-order valence-corrected chi connectivity index (χ1v) is 8.99. The standard InChI is InChI=1S/C17H25BrN2O3.ClH/c1-12(20-17(21)6-4-2-3-5-7-19)13-10-15-16(11-14(13)18)23-9-8-22-15;/h10-12H,2-9,19H2,1H3,(H,20,21);1H. The van der Waals surface area contributed by atoms with Gasteiger partial charge in [-0.05, 0) is 44.0 Å². The fraction of sp³-hybridized carbons (Fsp3) is 0.588. The predicted octanol–water partition coefficient (Wildman–Crippen LogP) is 3.73. The molecule has 0 saturated carbocycles. The number of fused-ring (bicyclic) bond motifs is 1. The topological polar surface area (TPSA) is 73.6 Å². The number of hydrogen-bond acceptors (Lipinski definition) is 4. The molecule has 136 valence electrons.